The van der Waals surface area contributed by atoms with Crippen molar-refractivity contribution in [1.82, 2.24) is 29.9 Å². The Balaban J connectivity index is 1.57. The second-order valence-electron chi connectivity index (χ2n) is 5.03. The Morgan fingerprint density at radius 1 is 1.30 bits per heavy atom. The summed E-state index contributed by atoms with van der Waals surface area (Å²) in [6.07, 6.45) is 1.70. The van der Waals surface area contributed by atoms with E-state index >= 15 is 0 Å². The van der Waals surface area contributed by atoms with E-state index in [9.17, 15) is 4.79 Å². The lowest BCUT2D eigenvalue weighted by molar-refractivity contribution is -0.118. The number of nitrogens with one attached hydrogen (secondary N) is 1. The Labute approximate surface area is 137 Å². The molecule has 3 aromatic rings. The molecule has 3 aromatic heterocycles. The van der Waals surface area contributed by atoms with Crippen LogP contribution in [0.4, 0.5) is 0 Å². The Bertz CT molecular complexity index is 833. The molecule has 0 radical (unpaired) electrons. The van der Waals surface area contributed by atoms with Gasteiger partial charge >= 0.3 is 0 Å². The molecule has 118 valence electrons. The van der Waals surface area contributed by atoms with Crippen molar-refractivity contribution in [3.8, 4) is 0 Å². The maximum absolute atomic E-state index is 11.9. The van der Waals surface area contributed by atoms with Gasteiger partial charge in [-0.15, -0.1) is 5.10 Å². The van der Waals surface area contributed by atoms with E-state index in [1.165, 1.54) is 11.8 Å². The summed E-state index contributed by atoms with van der Waals surface area (Å²) in [7, 11) is 0. The van der Waals surface area contributed by atoms with Crippen LogP contribution < -0.4 is 5.32 Å². The van der Waals surface area contributed by atoms with Gasteiger partial charge in [0, 0.05) is 17.6 Å². The molecule has 0 saturated heterocycles. The molecule has 1 N–H and O–H groups in total. The van der Waals surface area contributed by atoms with E-state index in [4.69, 9.17) is 0 Å². The minimum Gasteiger partial charge on any atom is -0.350 e. The third-order valence-electron chi connectivity index (χ3n) is 3.12. The minimum atomic E-state index is -0.0830. The van der Waals surface area contributed by atoms with Crippen LogP contribution in [0.3, 0.4) is 0 Å². The standard InChI is InChI=1S/C15H16N6OS/c1-10-7-11(2)21-14(18-10)19-15(20-21)23-9-13(22)17-8-12-5-3-4-6-16-12/h3-7H,8-9H2,1-2H3,(H,17,22). The Hall–Kier alpha value is -2.48. The third kappa shape index (κ3) is 3.84. The summed E-state index contributed by atoms with van der Waals surface area (Å²) >= 11 is 1.29. The highest BCUT2D eigenvalue weighted by molar-refractivity contribution is 7.99. The normalized spacial score (nSPS) is 10.9. The Kier molecular flexibility index (Phi) is 4.52. The molecule has 0 aliphatic heterocycles. The fourth-order valence-electron chi connectivity index (χ4n) is 2.08. The summed E-state index contributed by atoms with van der Waals surface area (Å²) in [5.41, 5.74) is 2.69. The molecular weight excluding hydrogens is 312 g/mol. The number of rotatable bonds is 5. The van der Waals surface area contributed by atoms with Crippen molar-refractivity contribution in [1.29, 1.82) is 0 Å². The second-order valence-corrected chi connectivity index (χ2v) is 5.97. The quantitative estimate of drug-likeness (QED) is 0.715. The summed E-state index contributed by atoms with van der Waals surface area (Å²) < 4.78 is 1.68. The summed E-state index contributed by atoms with van der Waals surface area (Å²) in [5.74, 6) is 0.723. The van der Waals surface area contributed by atoms with Crippen molar-refractivity contribution in [2.75, 3.05) is 5.75 Å². The van der Waals surface area contributed by atoms with E-state index in [0.29, 0.717) is 17.5 Å². The number of carbonyl (C=O) groups is 1. The van der Waals surface area contributed by atoms with Crippen molar-refractivity contribution in [3.05, 3.63) is 47.5 Å². The fraction of sp³-hybridized carbons (Fsp3) is 0.267. The highest BCUT2D eigenvalue weighted by Gasteiger charge is 2.10. The average Bonchev–Trinajstić information content (AvgIpc) is 2.95. The topological polar surface area (TPSA) is 85.1 Å². The van der Waals surface area contributed by atoms with Gasteiger partial charge in [-0.1, -0.05) is 17.8 Å². The van der Waals surface area contributed by atoms with Crippen LogP contribution >= 0.6 is 11.8 Å². The van der Waals surface area contributed by atoms with E-state index in [-0.39, 0.29) is 11.7 Å². The third-order valence-corrected chi connectivity index (χ3v) is 3.96. The highest BCUT2D eigenvalue weighted by atomic mass is 32.2. The number of fused-ring (bicyclic) bond motifs is 1. The van der Waals surface area contributed by atoms with E-state index in [1.807, 2.05) is 38.1 Å². The molecule has 0 aliphatic carbocycles. The van der Waals surface area contributed by atoms with Crippen LogP contribution in [-0.2, 0) is 11.3 Å². The largest absolute Gasteiger partial charge is 0.350 e. The Morgan fingerprint density at radius 3 is 2.96 bits per heavy atom. The van der Waals surface area contributed by atoms with Gasteiger partial charge in [0.2, 0.25) is 11.1 Å². The number of hydrogen-bond donors (Lipinski definition) is 1. The van der Waals surface area contributed by atoms with Crippen molar-refractivity contribution < 1.29 is 4.79 Å². The van der Waals surface area contributed by atoms with Crippen LogP contribution in [0.5, 0.6) is 0 Å². The average molecular weight is 328 g/mol. The molecule has 0 atom stereocenters. The predicted octanol–water partition coefficient (Wildman–Crippen LogP) is 1.54. The van der Waals surface area contributed by atoms with Crippen LogP contribution in [0.25, 0.3) is 5.78 Å². The number of aryl methyl sites for hydroxylation is 2. The van der Waals surface area contributed by atoms with Crippen LogP contribution in [0, 0.1) is 13.8 Å². The van der Waals surface area contributed by atoms with Gasteiger partial charge in [0.15, 0.2) is 0 Å². The summed E-state index contributed by atoms with van der Waals surface area (Å²) in [6.45, 7) is 4.28. The zero-order valence-corrected chi connectivity index (χ0v) is 13.7. The molecule has 8 heteroatoms. The molecule has 3 heterocycles. The highest BCUT2D eigenvalue weighted by Crippen LogP contribution is 2.15. The molecule has 0 unspecified atom stereocenters. The number of pyridine rings is 1. The first kappa shape index (κ1) is 15.4. The first-order valence-electron chi connectivity index (χ1n) is 7.12. The summed E-state index contributed by atoms with van der Waals surface area (Å²) in [5, 5.41) is 7.72. The summed E-state index contributed by atoms with van der Waals surface area (Å²) in [6, 6.07) is 7.54. The van der Waals surface area contributed by atoms with E-state index in [0.717, 1.165) is 17.1 Å². The zero-order chi connectivity index (χ0) is 16.2. The lowest BCUT2D eigenvalue weighted by Crippen LogP contribution is -2.25. The molecule has 0 bridgehead atoms. The number of amides is 1. The monoisotopic (exact) mass is 328 g/mol. The van der Waals surface area contributed by atoms with Crippen molar-refractivity contribution in [3.63, 3.8) is 0 Å². The van der Waals surface area contributed by atoms with Crippen molar-refractivity contribution in [2.24, 2.45) is 0 Å². The molecule has 23 heavy (non-hydrogen) atoms. The van der Waals surface area contributed by atoms with E-state index < -0.39 is 0 Å². The van der Waals surface area contributed by atoms with Crippen LogP contribution in [-0.4, -0.2) is 36.2 Å². The number of thioether (sulfide) groups is 1. The summed E-state index contributed by atoms with van der Waals surface area (Å²) in [4.78, 5) is 24.7. The maximum atomic E-state index is 11.9. The van der Waals surface area contributed by atoms with Crippen LogP contribution in [0.1, 0.15) is 17.1 Å². The number of nitrogens with zero attached hydrogens (tertiary/aromatic N) is 5. The van der Waals surface area contributed by atoms with Crippen molar-refractivity contribution in [2.45, 2.75) is 25.5 Å². The molecule has 3 rings (SSSR count). The lowest BCUT2D eigenvalue weighted by Gasteiger charge is -2.03. The molecule has 0 saturated carbocycles. The predicted molar refractivity (Wildman–Crippen MR) is 87.1 cm³/mol. The van der Waals surface area contributed by atoms with Crippen LogP contribution in [0.2, 0.25) is 0 Å². The smallest absolute Gasteiger partial charge is 0.253 e. The lowest BCUT2D eigenvalue weighted by atomic mass is 10.3. The number of hydrogen-bond acceptors (Lipinski definition) is 6. The first-order chi connectivity index (χ1) is 11.1. The molecule has 0 fully saturated rings. The van der Waals surface area contributed by atoms with E-state index in [2.05, 4.69) is 25.4 Å². The zero-order valence-electron chi connectivity index (χ0n) is 12.9. The van der Waals surface area contributed by atoms with Gasteiger partial charge in [-0.25, -0.2) is 9.50 Å². The first-order valence-corrected chi connectivity index (χ1v) is 8.11. The second kappa shape index (κ2) is 6.74. The molecule has 0 spiro atoms. The maximum Gasteiger partial charge on any atom is 0.253 e. The van der Waals surface area contributed by atoms with Gasteiger partial charge in [-0.3, -0.25) is 9.78 Å². The minimum absolute atomic E-state index is 0.0830. The SMILES string of the molecule is Cc1cc(C)n2nc(SCC(=O)NCc3ccccn3)nc2n1. The van der Waals surface area contributed by atoms with Gasteiger partial charge in [-0.05, 0) is 32.0 Å². The molecule has 1 amide bonds. The van der Waals surface area contributed by atoms with Gasteiger partial charge in [-0.2, -0.15) is 4.98 Å². The van der Waals surface area contributed by atoms with Crippen LogP contribution in [0.15, 0.2) is 35.6 Å². The Morgan fingerprint density at radius 2 is 2.17 bits per heavy atom. The van der Waals surface area contributed by atoms with Crippen molar-refractivity contribution >= 4 is 23.4 Å². The number of aromatic nitrogens is 5. The number of carbonyl (C=O) groups excluding carboxylic acids is 1. The van der Waals surface area contributed by atoms with Gasteiger partial charge in [0.1, 0.15) is 0 Å². The fourth-order valence-corrected chi connectivity index (χ4v) is 2.73. The molecule has 0 aliphatic rings. The van der Waals surface area contributed by atoms with Gasteiger partial charge in [0.05, 0.1) is 18.0 Å². The van der Waals surface area contributed by atoms with Gasteiger partial charge < -0.3 is 5.32 Å². The van der Waals surface area contributed by atoms with E-state index in [1.54, 1.807) is 10.7 Å². The molecular formula is C15H16N6OS. The van der Waals surface area contributed by atoms with Gasteiger partial charge in [0.25, 0.3) is 5.78 Å². The molecule has 0 aromatic carbocycles. The molecule has 7 nitrogen and oxygen atoms in total.